The van der Waals surface area contributed by atoms with Gasteiger partial charge >= 0.3 is 0 Å². The molecule has 0 spiro atoms. The summed E-state index contributed by atoms with van der Waals surface area (Å²) in [6.45, 7) is 0. The van der Waals surface area contributed by atoms with E-state index in [1.807, 2.05) is 36.4 Å². The van der Waals surface area contributed by atoms with Gasteiger partial charge in [-0.3, -0.25) is 0 Å². The van der Waals surface area contributed by atoms with Crippen LogP contribution in [0.5, 0.6) is 0 Å². The van der Waals surface area contributed by atoms with Crippen LogP contribution in [-0.4, -0.2) is 4.98 Å². The monoisotopic (exact) mass is 253 g/mol. The molecular formula is C15H15N3O. The maximum atomic E-state index is 6.27. The first-order valence-corrected chi connectivity index (χ1v) is 6.16. The Morgan fingerprint density at radius 2 is 2.05 bits per heavy atom. The molecule has 0 fully saturated rings. The zero-order chi connectivity index (χ0) is 13.2. The van der Waals surface area contributed by atoms with Gasteiger partial charge < -0.3 is 15.9 Å². The van der Waals surface area contributed by atoms with Gasteiger partial charge in [0.15, 0.2) is 0 Å². The number of para-hydroxylation sites is 1. The molecule has 2 heterocycles. The standard InChI is InChI=1S/C15H15N3O/c16-13(7-10-5-6-18-15(17)8-10)12-9-19-14-4-2-1-3-11(12)14/h1-6,8-9,13H,7,16H2,(H2,17,18). The third-order valence-electron chi connectivity index (χ3n) is 3.21. The lowest BCUT2D eigenvalue weighted by molar-refractivity contribution is 0.599. The van der Waals surface area contributed by atoms with Crippen LogP contribution in [0.15, 0.2) is 53.3 Å². The number of nitrogen functional groups attached to an aromatic ring is 1. The number of nitrogens with zero attached hydrogens (tertiary/aromatic N) is 1. The second-order valence-electron chi connectivity index (χ2n) is 4.59. The van der Waals surface area contributed by atoms with E-state index in [0.29, 0.717) is 12.2 Å². The molecule has 4 N–H and O–H groups in total. The Bertz CT molecular complexity index is 705. The van der Waals surface area contributed by atoms with Crippen molar-refractivity contribution in [3.8, 4) is 0 Å². The highest BCUT2D eigenvalue weighted by Gasteiger charge is 2.13. The Labute approximate surface area is 111 Å². The first-order valence-electron chi connectivity index (χ1n) is 6.16. The second-order valence-corrected chi connectivity index (χ2v) is 4.59. The molecule has 4 heteroatoms. The Morgan fingerprint density at radius 3 is 2.89 bits per heavy atom. The average molecular weight is 253 g/mol. The number of hydrogen-bond acceptors (Lipinski definition) is 4. The van der Waals surface area contributed by atoms with Gasteiger partial charge in [-0.25, -0.2) is 4.98 Å². The number of aromatic nitrogens is 1. The van der Waals surface area contributed by atoms with Crippen molar-refractivity contribution >= 4 is 16.8 Å². The summed E-state index contributed by atoms with van der Waals surface area (Å²) in [5, 5.41) is 1.07. The molecular weight excluding hydrogens is 238 g/mol. The van der Waals surface area contributed by atoms with Gasteiger partial charge in [-0.1, -0.05) is 18.2 Å². The van der Waals surface area contributed by atoms with Crippen LogP contribution in [0.25, 0.3) is 11.0 Å². The first-order chi connectivity index (χ1) is 9.24. The van der Waals surface area contributed by atoms with Crippen molar-refractivity contribution in [2.75, 3.05) is 5.73 Å². The average Bonchev–Trinajstić information content (AvgIpc) is 2.82. The van der Waals surface area contributed by atoms with Crippen molar-refractivity contribution in [3.05, 3.63) is 60.0 Å². The van der Waals surface area contributed by atoms with E-state index in [1.54, 1.807) is 12.5 Å². The number of anilines is 1. The van der Waals surface area contributed by atoms with Crippen molar-refractivity contribution in [2.24, 2.45) is 5.73 Å². The molecule has 0 bridgehead atoms. The normalized spacial score (nSPS) is 12.7. The maximum Gasteiger partial charge on any atom is 0.134 e. The number of rotatable bonds is 3. The summed E-state index contributed by atoms with van der Waals surface area (Å²) in [6.07, 6.45) is 4.14. The van der Waals surface area contributed by atoms with Gasteiger partial charge in [0.25, 0.3) is 0 Å². The van der Waals surface area contributed by atoms with E-state index in [9.17, 15) is 0 Å². The molecule has 96 valence electrons. The Balaban J connectivity index is 1.90. The van der Waals surface area contributed by atoms with E-state index in [-0.39, 0.29) is 6.04 Å². The largest absolute Gasteiger partial charge is 0.464 e. The topological polar surface area (TPSA) is 78.1 Å². The van der Waals surface area contributed by atoms with Gasteiger partial charge in [-0.05, 0) is 30.2 Å². The molecule has 3 rings (SSSR count). The van der Waals surface area contributed by atoms with E-state index in [2.05, 4.69) is 4.98 Å². The molecule has 0 aliphatic rings. The molecule has 1 unspecified atom stereocenters. The summed E-state index contributed by atoms with van der Waals surface area (Å²) in [7, 11) is 0. The van der Waals surface area contributed by atoms with E-state index >= 15 is 0 Å². The van der Waals surface area contributed by atoms with Crippen molar-refractivity contribution in [3.63, 3.8) is 0 Å². The predicted molar refractivity (Wildman–Crippen MR) is 75.5 cm³/mol. The lowest BCUT2D eigenvalue weighted by atomic mass is 10.00. The summed E-state index contributed by atoms with van der Waals surface area (Å²) in [4.78, 5) is 3.98. The third kappa shape index (κ3) is 2.30. The van der Waals surface area contributed by atoms with E-state index in [0.717, 1.165) is 22.1 Å². The lowest BCUT2D eigenvalue weighted by Gasteiger charge is -2.10. The number of pyridine rings is 1. The van der Waals surface area contributed by atoms with Gasteiger partial charge in [0.05, 0.1) is 6.26 Å². The summed E-state index contributed by atoms with van der Waals surface area (Å²) < 4.78 is 5.51. The van der Waals surface area contributed by atoms with Gasteiger partial charge in [0.2, 0.25) is 0 Å². The quantitative estimate of drug-likeness (QED) is 0.752. The minimum absolute atomic E-state index is 0.120. The predicted octanol–water partition coefficient (Wildman–Crippen LogP) is 2.65. The van der Waals surface area contributed by atoms with Crippen LogP contribution in [0, 0.1) is 0 Å². The van der Waals surface area contributed by atoms with Crippen LogP contribution < -0.4 is 11.5 Å². The molecule has 0 radical (unpaired) electrons. The molecule has 0 aliphatic carbocycles. The molecule has 1 atom stereocenters. The lowest BCUT2D eigenvalue weighted by Crippen LogP contribution is -2.13. The minimum atomic E-state index is -0.120. The molecule has 2 aromatic heterocycles. The third-order valence-corrected chi connectivity index (χ3v) is 3.21. The van der Waals surface area contributed by atoms with Crippen LogP contribution in [0.3, 0.4) is 0 Å². The summed E-state index contributed by atoms with van der Waals surface area (Å²) in [5.74, 6) is 0.516. The fraction of sp³-hybridized carbons (Fsp3) is 0.133. The molecule has 0 aliphatic heterocycles. The van der Waals surface area contributed by atoms with Gasteiger partial charge in [0.1, 0.15) is 11.4 Å². The van der Waals surface area contributed by atoms with E-state index in [4.69, 9.17) is 15.9 Å². The fourth-order valence-electron chi connectivity index (χ4n) is 2.27. The number of fused-ring (bicyclic) bond motifs is 1. The highest BCUT2D eigenvalue weighted by atomic mass is 16.3. The van der Waals surface area contributed by atoms with Crippen molar-refractivity contribution in [1.82, 2.24) is 4.98 Å². The number of nitrogens with two attached hydrogens (primary N) is 2. The van der Waals surface area contributed by atoms with Crippen LogP contribution in [0.1, 0.15) is 17.2 Å². The summed E-state index contributed by atoms with van der Waals surface area (Å²) in [5.41, 5.74) is 14.9. The molecule has 4 nitrogen and oxygen atoms in total. The van der Waals surface area contributed by atoms with Gasteiger partial charge in [0, 0.05) is 23.2 Å². The van der Waals surface area contributed by atoms with Crippen LogP contribution in [0.4, 0.5) is 5.82 Å². The van der Waals surface area contributed by atoms with Gasteiger partial charge in [-0.15, -0.1) is 0 Å². The highest BCUT2D eigenvalue weighted by molar-refractivity contribution is 5.81. The van der Waals surface area contributed by atoms with Crippen molar-refractivity contribution in [2.45, 2.75) is 12.5 Å². The van der Waals surface area contributed by atoms with E-state index in [1.165, 1.54) is 0 Å². The zero-order valence-electron chi connectivity index (χ0n) is 10.4. The Morgan fingerprint density at radius 1 is 1.21 bits per heavy atom. The zero-order valence-corrected chi connectivity index (χ0v) is 10.4. The van der Waals surface area contributed by atoms with Crippen molar-refractivity contribution in [1.29, 1.82) is 0 Å². The fourth-order valence-corrected chi connectivity index (χ4v) is 2.27. The highest BCUT2D eigenvalue weighted by Crippen LogP contribution is 2.27. The van der Waals surface area contributed by atoms with Crippen LogP contribution in [-0.2, 0) is 6.42 Å². The first kappa shape index (κ1) is 11.7. The molecule has 0 saturated heterocycles. The van der Waals surface area contributed by atoms with Crippen LogP contribution >= 0.6 is 0 Å². The Hall–Kier alpha value is -2.33. The van der Waals surface area contributed by atoms with E-state index < -0.39 is 0 Å². The molecule has 19 heavy (non-hydrogen) atoms. The number of furan rings is 1. The number of benzene rings is 1. The number of hydrogen-bond donors (Lipinski definition) is 2. The SMILES string of the molecule is Nc1cc(CC(N)c2coc3ccccc23)ccn1. The molecule has 0 saturated carbocycles. The van der Waals surface area contributed by atoms with Crippen LogP contribution in [0.2, 0.25) is 0 Å². The molecule has 3 aromatic rings. The molecule has 0 amide bonds. The minimum Gasteiger partial charge on any atom is -0.464 e. The Kier molecular flexibility index (Phi) is 2.93. The summed E-state index contributed by atoms with van der Waals surface area (Å²) in [6, 6.07) is 11.6. The second kappa shape index (κ2) is 4.74. The summed E-state index contributed by atoms with van der Waals surface area (Å²) >= 11 is 0. The van der Waals surface area contributed by atoms with Gasteiger partial charge in [-0.2, -0.15) is 0 Å². The smallest absolute Gasteiger partial charge is 0.134 e. The maximum absolute atomic E-state index is 6.27. The molecule has 1 aromatic carbocycles. The van der Waals surface area contributed by atoms with Crippen molar-refractivity contribution < 1.29 is 4.42 Å².